The minimum absolute atomic E-state index is 0.108. The van der Waals surface area contributed by atoms with Gasteiger partial charge in [0.05, 0.1) is 11.6 Å². The third kappa shape index (κ3) is 2.43. The first kappa shape index (κ1) is 12.0. The number of aryl methyl sites for hydroxylation is 1. The van der Waals surface area contributed by atoms with Crippen LogP contribution in [-0.4, -0.2) is 15.1 Å². The van der Waals surface area contributed by atoms with Crippen LogP contribution in [0.2, 0.25) is 5.02 Å². The van der Waals surface area contributed by atoms with E-state index in [1.165, 1.54) is 24.4 Å². The molecular formula is C12H10ClFN2O. The van der Waals surface area contributed by atoms with E-state index in [9.17, 15) is 4.39 Å². The van der Waals surface area contributed by atoms with Gasteiger partial charge >= 0.3 is 0 Å². The van der Waals surface area contributed by atoms with Crippen LogP contribution in [0.15, 0.2) is 24.4 Å². The molecule has 17 heavy (non-hydrogen) atoms. The van der Waals surface area contributed by atoms with Gasteiger partial charge in [0.15, 0.2) is 5.82 Å². The molecule has 1 aromatic carbocycles. The van der Waals surface area contributed by atoms with Gasteiger partial charge in [-0.1, -0.05) is 11.6 Å². The van der Waals surface area contributed by atoms with Crippen molar-refractivity contribution >= 4 is 11.6 Å². The molecule has 5 heteroatoms. The lowest BCUT2D eigenvalue weighted by atomic mass is 10.2. The lowest BCUT2D eigenvalue weighted by Gasteiger charge is -2.06. The fourth-order valence-corrected chi connectivity index (χ4v) is 1.70. The second kappa shape index (κ2) is 4.77. The number of benzene rings is 1. The molecule has 0 saturated carbocycles. The Morgan fingerprint density at radius 3 is 2.76 bits per heavy atom. The minimum Gasteiger partial charge on any atom is -0.392 e. The average molecular weight is 253 g/mol. The smallest absolute Gasteiger partial charge is 0.160 e. The molecule has 0 fully saturated rings. The van der Waals surface area contributed by atoms with E-state index in [4.69, 9.17) is 16.7 Å². The molecule has 2 rings (SSSR count). The van der Waals surface area contributed by atoms with Gasteiger partial charge in [0.1, 0.15) is 5.82 Å². The first-order chi connectivity index (χ1) is 8.11. The first-order valence-corrected chi connectivity index (χ1v) is 5.38. The molecule has 0 atom stereocenters. The van der Waals surface area contributed by atoms with E-state index < -0.39 is 5.82 Å². The van der Waals surface area contributed by atoms with Crippen molar-refractivity contribution in [3.05, 3.63) is 46.5 Å². The minimum atomic E-state index is -0.401. The van der Waals surface area contributed by atoms with Crippen LogP contribution in [0.3, 0.4) is 0 Å². The molecule has 0 spiro atoms. The fourth-order valence-electron chi connectivity index (χ4n) is 1.45. The highest BCUT2D eigenvalue weighted by molar-refractivity contribution is 6.33. The molecule has 0 aliphatic carbocycles. The van der Waals surface area contributed by atoms with E-state index in [1.54, 1.807) is 6.92 Å². The first-order valence-electron chi connectivity index (χ1n) is 5.00. The Kier molecular flexibility index (Phi) is 3.36. The normalized spacial score (nSPS) is 10.6. The van der Waals surface area contributed by atoms with Crippen molar-refractivity contribution in [2.45, 2.75) is 13.5 Å². The third-order valence-electron chi connectivity index (χ3n) is 2.42. The van der Waals surface area contributed by atoms with Gasteiger partial charge < -0.3 is 5.11 Å². The summed E-state index contributed by atoms with van der Waals surface area (Å²) in [6.07, 6.45) is 1.54. The van der Waals surface area contributed by atoms with Crippen molar-refractivity contribution in [1.29, 1.82) is 0 Å². The lowest BCUT2D eigenvalue weighted by Crippen LogP contribution is -1.98. The summed E-state index contributed by atoms with van der Waals surface area (Å²) in [6, 6.07) is 4.06. The third-order valence-corrected chi connectivity index (χ3v) is 2.74. The zero-order valence-electron chi connectivity index (χ0n) is 9.11. The highest BCUT2D eigenvalue weighted by Crippen LogP contribution is 2.26. The number of aromatic nitrogens is 2. The monoisotopic (exact) mass is 252 g/mol. The van der Waals surface area contributed by atoms with Crippen molar-refractivity contribution in [3.8, 4) is 11.4 Å². The van der Waals surface area contributed by atoms with Crippen LogP contribution >= 0.6 is 11.6 Å². The molecule has 1 N–H and O–H groups in total. The molecule has 0 radical (unpaired) electrons. The van der Waals surface area contributed by atoms with Crippen molar-refractivity contribution in [2.75, 3.05) is 0 Å². The Morgan fingerprint density at radius 1 is 1.41 bits per heavy atom. The molecule has 1 heterocycles. The molecule has 0 aliphatic heterocycles. The van der Waals surface area contributed by atoms with E-state index in [0.29, 0.717) is 22.6 Å². The number of hydrogen-bond donors (Lipinski definition) is 1. The van der Waals surface area contributed by atoms with Crippen LogP contribution < -0.4 is 0 Å². The largest absolute Gasteiger partial charge is 0.392 e. The van der Waals surface area contributed by atoms with Gasteiger partial charge in [0.25, 0.3) is 0 Å². The van der Waals surface area contributed by atoms with E-state index in [1.807, 2.05) is 0 Å². The zero-order valence-corrected chi connectivity index (χ0v) is 9.87. The Morgan fingerprint density at radius 2 is 2.18 bits per heavy atom. The topological polar surface area (TPSA) is 46.0 Å². The predicted octanol–water partition coefficient (Wildman–Crippen LogP) is 2.74. The second-order valence-corrected chi connectivity index (χ2v) is 3.99. The summed E-state index contributed by atoms with van der Waals surface area (Å²) in [4.78, 5) is 8.32. The van der Waals surface area contributed by atoms with Crippen molar-refractivity contribution in [2.24, 2.45) is 0 Å². The number of hydrogen-bond acceptors (Lipinski definition) is 3. The Labute approximate surface area is 103 Å². The second-order valence-electron chi connectivity index (χ2n) is 3.59. The number of rotatable bonds is 2. The van der Waals surface area contributed by atoms with Crippen LogP contribution in [0.1, 0.15) is 11.3 Å². The number of aliphatic hydroxyl groups excluding tert-OH is 1. The van der Waals surface area contributed by atoms with Gasteiger partial charge in [-0.3, -0.25) is 0 Å². The average Bonchev–Trinajstić information content (AvgIpc) is 2.29. The van der Waals surface area contributed by atoms with Gasteiger partial charge in [-0.25, -0.2) is 14.4 Å². The van der Waals surface area contributed by atoms with Crippen LogP contribution in [0, 0.1) is 12.7 Å². The summed E-state index contributed by atoms with van der Waals surface area (Å²) in [5, 5.41) is 9.28. The quantitative estimate of drug-likeness (QED) is 0.894. The molecule has 1 aromatic heterocycles. The highest BCUT2D eigenvalue weighted by atomic mass is 35.5. The van der Waals surface area contributed by atoms with E-state index in [-0.39, 0.29) is 11.6 Å². The van der Waals surface area contributed by atoms with Crippen LogP contribution in [0.25, 0.3) is 11.4 Å². The van der Waals surface area contributed by atoms with Gasteiger partial charge in [-0.2, -0.15) is 0 Å². The van der Waals surface area contributed by atoms with Crippen molar-refractivity contribution < 1.29 is 9.50 Å². The summed E-state index contributed by atoms with van der Waals surface area (Å²) in [6.45, 7) is 1.66. The molecule has 0 aliphatic rings. The number of aliphatic hydroxyl groups is 1. The molecule has 0 bridgehead atoms. The number of nitrogens with zero attached hydrogens (tertiary/aromatic N) is 2. The van der Waals surface area contributed by atoms with Crippen molar-refractivity contribution in [1.82, 2.24) is 9.97 Å². The predicted molar refractivity (Wildman–Crippen MR) is 63.1 cm³/mol. The van der Waals surface area contributed by atoms with Crippen LogP contribution in [-0.2, 0) is 6.61 Å². The maximum Gasteiger partial charge on any atom is 0.160 e. The standard InChI is InChI=1S/C12H10ClFN2O/c1-7-8(6-17)5-15-12(16-7)10-3-2-9(14)4-11(10)13/h2-5,17H,6H2,1H3. The van der Waals surface area contributed by atoms with E-state index in [2.05, 4.69) is 9.97 Å². The molecule has 0 unspecified atom stereocenters. The van der Waals surface area contributed by atoms with Crippen LogP contribution in [0.4, 0.5) is 4.39 Å². The highest BCUT2D eigenvalue weighted by Gasteiger charge is 2.09. The molecule has 2 aromatic rings. The molecule has 0 saturated heterocycles. The molecular weight excluding hydrogens is 243 g/mol. The summed E-state index contributed by atoms with van der Waals surface area (Å²) in [5.41, 5.74) is 1.91. The van der Waals surface area contributed by atoms with Crippen LogP contribution in [0.5, 0.6) is 0 Å². The fraction of sp³-hybridized carbons (Fsp3) is 0.167. The molecule has 88 valence electrons. The lowest BCUT2D eigenvalue weighted by molar-refractivity contribution is 0.280. The van der Waals surface area contributed by atoms with Crippen molar-refractivity contribution in [3.63, 3.8) is 0 Å². The zero-order chi connectivity index (χ0) is 12.4. The molecule has 0 amide bonds. The Hall–Kier alpha value is -1.52. The number of halogens is 2. The van der Waals surface area contributed by atoms with Gasteiger partial charge in [0, 0.05) is 23.0 Å². The van der Waals surface area contributed by atoms with Gasteiger partial charge in [-0.05, 0) is 25.1 Å². The Balaban J connectivity index is 2.50. The summed E-state index contributed by atoms with van der Waals surface area (Å²) in [7, 11) is 0. The SMILES string of the molecule is Cc1nc(-c2ccc(F)cc2Cl)ncc1CO. The van der Waals surface area contributed by atoms with Gasteiger partial charge in [-0.15, -0.1) is 0 Å². The maximum absolute atomic E-state index is 12.9. The molecule has 3 nitrogen and oxygen atoms in total. The Bertz CT molecular complexity index is 560. The van der Waals surface area contributed by atoms with E-state index >= 15 is 0 Å². The van der Waals surface area contributed by atoms with E-state index in [0.717, 1.165) is 0 Å². The maximum atomic E-state index is 12.9. The summed E-state index contributed by atoms with van der Waals surface area (Å²) in [5.74, 6) is 0.0205. The summed E-state index contributed by atoms with van der Waals surface area (Å²) < 4.78 is 12.9. The van der Waals surface area contributed by atoms with Gasteiger partial charge in [0.2, 0.25) is 0 Å². The summed E-state index contributed by atoms with van der Waals surface area (Å²) >= 11 is 5.92.